The molecule has 2 nitrogen and oxygen atoms in total. The molecule has 0 spiro atoms. The molecule has 0 atom stereocenters. The number of hydrogen-bond donors (Lipinski definition) is 0. The normalized spacial score (nSPS) is 10.9. The zero-order valence-corrected chi connectivity index (χ0v) is 12.5. The van der Waals surface area contributed by atoms with Crippen LogP contribution in [0.3, 0.4) is 0 Å². The van der Waals surface area contributed by atoms with E-state index in [-0.39, 0.29) is 0 Å². The van der Waals surface area contributed by atoms with Crippen LogP contribution < -0.4 is 4.90 Å². The van der Waals surface area contributed by atoms with Gasteiger partial charge in [-0.3, -0.25) is 0 Å². The molecule has 2 aromatic rings. The number of alkyl halides is 1. The summed E-state index contributed by atoms with van der Waals surface area (Å²) in [4.78, 5) is 7.09. The highest BCUT2D eigenvalue weighted by atomic mass is 35.5. The van der Waals surface area contributed by atoms with E-state index in [2.05, 4.69) is 49.1 Å². The summed E-state index contributed by atoms with van der Waals surface area (Å²) in [6, 6.07) is 10.5. The number of pyridine rings is 1. The zero-order valence-electron chi connectivity index (χ0n) is 11.7. The van der Waals surface area contributed by atoms with Crippen molar-refractivity contribution in [2.75, 3.05) is 18.0 Å². The average Bonchev–Trinajstić information content (AvgIpc) is 2.47. The van der Waals surface area contributed by atoms with Gasteiger partial charge in [-0.25, -0.2) is 4.98 Å². The Morgan fingerprint density at radius 1 is 1.21 bits per heavy atom. The molecule has 0 fully saturated rings. The molecule has 0 bridgehead atoms. The lowest BCUT2D eigenvalue weighted by molar-refractivity contribution is 0.725. The first-order valence-electron chi connectivity index (χ1n) is 6.99. The zero-order chi connectivity index (χ0) is 13.7. The van der Waals surface area contributed by atoms with Gasteiger partial charge in [-0.1, -0.05) is 37.6 Å². The van der Waals surface area contributed by atoms with Crippen molar-refractivity contribution in [1.82, 2.24) is 4.98 Å². The molecular weight excluding hydrogens is 256 g/mol. The van der Waals surface area contributed by atoms with Crippen LogP contribution >= 0.6 is 11.6 Å². The first-order valence-corrected chi connectivity index (χ1v) is 7.53. The van der Waals surface area contributed by atoms with Gasteiger partial charge in [-0.15, -0.1) is 11.6 Å². The van der Waals surface area contributed by atoms with E-state index in [0.29, 0.717) is 5.88 Å². The van der Waals surface area contributed by atoms with E-state index in [0.717, 1.165) is 24.6 Å². The van der Waals surface area contributed by atoms with Gasteiger partial charge < -0.3 is 4.90 Å². The molecule has 0 saturated carbocycles. The van der Waals surface area contributed by atoms with Crippen LogP contribution in [-0.2, 0) is 5.88 Å². The standard InChI is InChI=1S/C16H21ClN2/c1-3-5-10-19(4-2)16-15-9-7-6-8-13(15)11-14(12-17)18-16/h6-9,11H,3-5,10,12H2,1-2H3. The van der Waals surface area contributed by atoms with Gasteiger partial charge in [0.15, 0.2) is 0 Å². The largest absolute Gasteiger partial charge is 0.356 e. The lowest BCUT2D eigenvalue weighted by Gasteiger charge is -2.24. The van der Waals surface area contributed by atoms with Crippen LogP contribution in [0.15, 0.2) is 30.3 Å². The fraction of sp³-hybridized carbons (Fsp3) is 0.438. The summed E-state index contributed by atoms with van der Waals surface area (Å²) in [6.45, 7) is 6.42. The predicted octanol–water partition coefficient (Wildman–Crippen LogP) is 4.60. The molecule has 0 radical (unpaired) electrons. The Labute approximate surface area is 120 Å². The van der Waals surface area contributed by atoms with Gasteiger partial charge in [0.1, 0.15) is 5.82 Å². The molecule has 19 heavy (non-hydrogen) atoms. The van der Waals surface area contributed by atoms with E-state index in [1.807, 2.05) is 0 Å². The summed E-state index contributed by atoms with van der Waals surface area (Å²) in [5.74, 6) is 1.54. The molecule has 1 heterocycles. The summed E-state index contributed by atoms with van der Waals surface area (Å²) in [7, 11) is 0. The smallest absolute Gasteiger partial charge is 0.136 e. The Morgan fingerprint density at radius 2 is 2.00 bits per heavy atom. The lowest BCUT2D eigenvalue weighted by Crippen LogP contribution is -2.25. The molecule has 0 amide bonds. The Balaban J connectivity index is 2.49. The van der Waals surface area contributed by atoms with Crippen molar-refractivity contribution in [3.05, 3.63) is 36.0 Å². The molecule has 0 aliphatic heterocycles. The molecule has 0 aliphatic carbocycles. The van der Waals surface area contributed by atoms with Crippen molar-refractivity contribution in [2.45, 2.75) is 32.6 Å². The van der Waals surface area contributed by atoms with Crippen molar-refractivity contribution in [3.63, 3.8) is 0 Å². The first-order chi connectivity index (χ1) is 9.30. The number of fused-ring (bicyclic) bond motifs is 1. The highest BCUT2D eigenvalue weighted by molar-refractivity contribution is 6.17. The minimum atomic E-state index is 0.461. The molecule has 0 unspecified atom stereocenters. The predicted molar refractivity (Wildman–Crippen MR) is 84.1 cm³/mol. The van der Waals surface area contributed by atoms with Gasteiger partial charge >= 0.3 is 0 Å². The van der Waals surface area contributed by atoms with Crippen LogP contribution in [0.25, 0.3) is 10.8 Å². The second-order valence-corrected chi connectivity index (χ2v) is 4.99. The fourth-order valence-corrected chi connectivity index (χ4v) is 2.44. The second-order valence-electron chi connectivity index (χ2n) is 4.73. The minimum Gasteiger partial charge on any atom is -0.356 e. The van der Waals surface area contributed by atoms with Crippen molar-refractivity contribution in [2.24, 2.45) is 0 Å². The summed E-state index contributed by atoms with van der Waals surface area (Å²) in [5.41, 5.74) is 0.949. The van der Waals surface area contributed by atoms with E-state index in [1.54, 1.807) is 0 Å². The Morgan fingerprint density at radius 3 is 2.68 bits per heavy atom. The number of benzene rings is 1. The van der Waals surface area contributed by atoms with Crippen molar-refractivity contribution in [1.29, 1.82) is 0 Å². The third kappa shape index (κ3) is 3.19. The molecule has 1 aromatic carbocycles. The molecule has 102 valence electrons. The number of anilines is 1. The van der Waals surface area contributed by atoms with Crippen LogP contribution in [-0.4, -0.2) is 18.1 Å². The summed E-state index contributed by atoms with van der Waals surface area (Å²) in [5, 5.41) is 2.44. The van der Waals surface area contributed by atoms with E-state index in [4.69, 9.17) is 16.6 Å². The van der Waals surface area contributed by atoms with Gasteiger partial charge in [0.05, 0.1) is 11.6 Å². The number of rotatable bonds is 6. The topological polar surface area (TPSA) is 16.1 Å². The van der Waals surface area contributed by atoms with Gasteiger partial charge in [-0.2, -0.15) is 0 Å². The molecule has 1 aromatic heterocycles. The number of halogens is 1. The molecule has 0 aliphatic rings. The number of nitrogens with zero attached hydrogens (tertiary/aromatic N) is 2. The fourth-order valence-electron chi connectivity index (χ4n) is 2.31. The third-order valence-corrected chi connectivity index (χ3v) is 3.65. The number of unbranched alkanes of at least 4 members (excludes halogenated alkanes) is 1. The van der Waals surface area contributed by atoms with Gasteiger partial charge in [-0.05, 0) is 24.8 Å². The Hall–Kier alpha value is -1.28. The molecule has 0 N–H and O–H groups in total. The Kier molecular flexibility index (Phi) is 5.03. The maximum atomic E-state index is 5.97. The number of aromatic nitrogens is 1. The quantitative estimate of drug-likeness (QED) is 0.717. The SMILES string of the molecule is CCCCN(CC)c1nc(CCl)cc2ccccc12. The van der Waals surface area contributed by atoms with Gasteiger partial charge in [0.2, 0.25) is 0 Å². The van der Waals surface area contributed by atoms with Crippen LogP contribution in [0.1, 0.15) is 32.4 Å². The lowest BCUT2D eigenvalue weighted by atomic mass is 10.1. The summed E-state index contributed by atoms with van der Waals surface area (Å²) >= 11 is 5.97. The van der Waals surface area contributed by atoms with Crippen molar-refractivity contribution >= 4 is 28.2 Å². The average molecular weight is 277 g/mol. The van der Waals surface area contributed by atoms with Gasteiger partial charge in [0, 0.05) is 18.5 Å². The first kappa shape index (κ1) is 14.1. The van der Waals surface area contributed by atoms with E-state index < -0.39 is 0 Å². The highest BCUT2D eigenvalue weighted by Crippen LogP contribution is 2.26. The maximum absolute atomic E-state index is 5.97. The van der Waals surface area contributed by atoms with Crippen LogP contribution in [0.4, 0.5) is 5.82 Å². The second kappa shape index (κ2) is 6.76. The molecule has 3 heteroatoms. The third-order valence-electron chi connectivity index (χ3n) is 3.37. The highest BCUT2D eigenvalue weighted by Gasteiger charge is 2.11. The van der Waals surface area contributed by atoms with Crippen molar-refractivity contribution < 1.29 is 0 Å². The monoisotopic (exact) mass is 276 g/mol. The molecule has 2 rings (SSSR count). The molecule has 0 saturated heterocycles. The summed E-state index contributed by atoms with van der Waals surface area (Å²) < 4.78 is 0. The van der Waals surface area contributed by atoms with Crippen LogP contribution in [0, 0.1) is 0 Å². The Bertz CT molecular complexity index is 539. The maximum Gasteiger partial charge on any atom is 0.136 e. The minimum absolute atomic E-state index is 0.461. The summed E-state index contributed by atoms with van der Waals surface area (Å²) in [6.07, 6.45) is 2.39. The van der Waals surface area contributed by atoms with E-state index in [1.165, 1.54) is 23.6 Å². The van der Waals surface area contributed by atoms with E-state index >= 15 is 0 Å². The molecular formula is C16H21ClN2. The van der Waals surface area contributed by atoms with Crippen LogP contribution in [0.2, 0.25) is 0 Å². The van der Waals surface area contributed by atoms with Gasteiger partial charge in [0.25, 0.3) is 0 Å². The van der Waals surface area contributed by atoms with E-state index in [9.17, 15) is 0 Å². The number of hydrogen-bond acceptors (Lipinski definition) is 2. The van der Waals surface area contributed by atoms with Crippen molar-refractivity contribution in [3.8, 4) is 0 Å². The van der Waals surface area contributed by atoms with Crippen LogP contribution in [0.5, 0.6) is 0 Å².